The molecule has 2 N–H and O–H groups in total. The van der Waals surface area contributed by atoms with Crippen molar-refractivity contribution in [2.45, 2.75) is 6.04 Å². The lowest BCUT2D eigenvalue weighted by atomic mass is 9.95. The number of benzene rings is 1. The number of furan rings is 1. The van der Waals surface area contributed by atoms with Crippen molar-refractivity contribution < 1.29 is 29.0 Å². The molecule has 7 nitrogen and oxygen atoms in total. The molecule has 1 unspecified atom stereocenters. The van der Waals surface area contributed by atoms with Gasteiger partial charge in [0.25, 0.3) is 5.91 Å². The second-order valence-corrected chi connectivity index (χ2v) is 6.78. The SMILES string of the molecule is O=C(C1=C(O)C(=O)N(CCOCCO)C1c1cccc(Br)c1)c1ccco1. The number of carbonyl (C=O) groups is 2. The Labute approximate surface area is 164 Å². The first-order chi connectivity index (χ1) is 13.0. The summed E-state index contributed by atoms with van der Waals surface area (Å²) in [7, 11) is 0. The molecule has 1 amide bonds. The molecule has 1 aliphatic rings. The maximum atomic E-state index is 12.9. The summed E-state index contributed by atoms with van der Waals surface area (Å²) in [5, 5.41) is 19.3. The van der Waals surface area contributed by atoms with Gasteiger partial charge >= 0.3 is 0 Å². The van der Waals surface area contributed by atoms with Gasteiger partial charge in [0.1, 0.15) is 0 Å². The molecule has 1 aromatic heterocycles. The first-order valence-corrected chi connectivity index (χ1v) is 9.10. The van der Waals surface area contributed by atoms with Gasteiger partial charge in [-0.05, 0) is 29.8 Å². The van der Waals surface area contributed by atoms with Crippen molar-refractivity contribution >= 4 is 27.6 Å². The number of hydrogen-bond donors (Lipinski definition) is 2. The Kier molecular flexibility index (Phi) is 6.10. The molecule has 1 atom stereocenters. The zero-order chi connectivity index (χ0) is 19.4. The van der Waals surface area contributed by atoms with E-state index in [4.69, 9.17) is 14.3 Å². The third kappa shape index (κ3) is 3.97. The van der Waals surface area contributed by atoms with Crippen molar-refractivity contribution in [2.75, 3.05) is 26.4 Å². The number of amides is 1. The summed E-state index contributed by atoms with van der Waals surface area (Å²) < 4.78 is 11.2. The van der Waals surface area contributed by atoms with Crippen molar-refractivity contribution in [1.29, 1.82) is 0 Å². The van der Waals surface area contributed by atoms with E-state index in [1.165, 1.54) is 17.2 Å². The summed E-state index contributed by atoms with van der Waals surface area (Å²) in [6.45, 7) is 0.317. The molecule has 1 aromatic carbocycles. The van der Waals surface area contributed by atoms with Crippen molar-refractivity contribution in [1.82, 2.24) is 4.90 Å². The molecule has 0 aliphatic carbocycles. The highest BCUT2D eigenvalue weighted by molar-refractivity contribution is 9.10. The van der Waals surface area contributed by atoms with E-state index in [0.29, 0.717) is 5.56 Å². The number of nitrogens with zero attached hydrogens (tertiary/aromatic N) is 1. The number of ketones is 1. The van der Waals surface area contributed by atoms with Crippen LogP contribution in [-0.2, 0) is 9.53 Å². The van der Waals surface area contributed by atoms with Crippen LogP contribution in [-0.4, -0.2) is 53.2 Å². The van der Waals surface area contributed by atoms with E-state index in [9.17, 15) is 14.7 Å². The average Bonchev–Trinajstić information content (AvgIpc) is 3.27. The van der Waals surface area contributed by atoms with Crippen LogP contribution in [0.3, 0.4) is 0 Å². The summed E-state index contributed by atoms with van der Waals surface area (Å²) in [4.78, 5) is 26.9. The lowest BCUT2D eigenvalue weighted by Crippen LogP contribution is -2.34. The number of halogens is 1. The van der Waals surface area contributed by atoms with E-state index in [0.717, 1.165) is 4.47 Å². The number of aliphatic hydroxyl groups excluding tert-OH is 2. The predicted molar refractivity (Wildman–Crippen MR) is 99.2 cm³/mol. The Morgan fingerprint density at radius 2 is 2.07 bits per heavy atom. The maximum Gasteiger partial charge on any atom is 0.290 e. The van der Waals surface area contributed by atoms with Gasteiger partial charge in [-0.3, -0.25) is 9.59 Å². The third-order valence-electron chi connectivity index (χ3n) is 4.17. The number of ether oxygens (including phenoxy) is 1. The van der Waals surface area contributed by atoms with Gasteiger partial charge in [-0.25, -0.2) is 0 Å². The van der Waals surface area contributed by atoms with Gasteiger partial charge in [-0.15, -0.1) is 0 Å². The van der Waals surface area contributed by atoms with Crippen LogP contribution in [0.2, 0.25) is 0 Å². The fourth-order valence-corrected chi connectivity index (χ4v) is 3.43. The van der Waals surface area contributed by atoms with Gasteiger partial charge in [-0.2, -0.15) is 0 Å². The summed E-state index contributed by atoms with van der Waals surface area (Å²) in [5.41, 5.74) is 0.633. The van der Waals surface area contributed by atoms with Gasteiger partial charge in [0.15, 0.2) is 11.5 Å². The molecule has 27 heavy (non-hydrogen) atoms. The van der Waals surface area contributed by atoms with Crippen molar-refractivity contribution in [3.8, 4) is 0 Å². The number of hydrogen-bond acceptors (Lipinski definition) is 6. The van der Waals surface area contributed by atoms with Crippen LogP contribution in [0.4, 0.5) is 0 Å². The summed E-state index contributed by atoms with van der Waals surface area (Å²) in [5.74, 6) is -1.75. The van der Waals surface area contributed by atoms with Gasteiger partial charge < -0.3 is 24.3 Å². The first kappa shape index (κ1) is 19.3. The van der Waals surface area contributed by atoms with Crippen molar-refractivity contribution in [3.05, 3.63) is 69.8 Å². The van der Waals surface area contributed by atoms with E-state index >= 15 is 0 Å². The standard InChI is InChI=1S/C19H18BrNO6/c20-13-4-1-3-12(11-13)16-15(17(23)14-5-2-8-27-14)18(24)19(25)21(16)6-9-26-10-7-22/h1-5,8,11,16,22,24H,6-7,9-10H2. The van der Waals surface area contributed by atoms with Crippen LogP contribution in [0.15, 0.2) is 62.9 Å². The average molecular weight is 436 g/mol. The largest absolute Gasteiger partial charge is 0.503 e. The van der Waals surface area contributed by atoms with E-state index in [1.54, 1.807) is 24.3 Å². The second kappa shape index (κ2) is 8.51. The number of aliphatic hydroxyl groups is 2. The van der Waals surface area contributed by atoms with Crippen molar-refractivity contribution in [2.24, 2.45) is 0 Å². The van der Waals surface area contributed by atoms with Gasteiger partial charge in [-0.1, -0.05) is 28.1 Å². The molecule has 8 heteroatoms. The normalized spacial score (nSPS) is 17.0. The quantitative estimate of drug-likeness (QED) is 0.488. The minimum absolute atomic E-state index is 0.0322. The molecule has 0 bridgehead atoms. The van der Waals surface area contributed by atoms with E-state index < -0.39 is 23.5 Å². The topological polar surface area (TPSA) is 100 Å². The summed E-state index contributed by atoms with van der Waals surface area (Å²) in [6.07, 6.45) is 1.36. The molecule has 3 rings (SSSR count). The highest BCUT2D eigenvalue weighted by Gasteiger charge is 2.44. The van der Waals surface area contributed by atoms with Crippen LogP contribution >= 0.6 is 15.9 Å². The van der Waals surface area contributed by atoms with Gasteiger partial charge in [0, 0.05) is 11.0 Å². The molecule has 142 valence electrons. The Balaban J connectivity index is 1.98. The lowest BCUT2D eigenvalue weighted by Gasteiger charge is -2.26. The summed E-state index contributed by atoms with van der Waals surface area (Å²) in [6, 6.07) is 9.45. The number of carbonyl (C=O) groups excluding carboxylic acids is 2. The molecule has 2 heterocycles. The molecular weight excluding hydrogens is 418 g/mol. The number of rotatable bonds is 8. The van der Waals surface area contributed by atoms with Gasteiger partial charge in [0.2, 0.25) is 5.78 Å². The highest BCUT2D eigenvalue weighted by atomic mass is 79.9. The van der Waals surface area contributed by atoms with Crippen LogP contribution in [0.1, 0.15) is 22.2 Å². The minimum atomic E-state index is -0.773. The Hall–Kier alpha value is -2.42. The predicted octanol–water partition coefficient (Wildman–Crippen LogP) is 2.63. The minimum Gasteiger partial charge on any atom is -0.503 e. The fraction of sp³-hybridized carbons (Fsp3) is 0.263. The molecule has 0 radical (unpaired) electrons. The molecule has 0 saturated carbocycles. The monoisotopic (exact) mass is 435 g/mol. The summed E-state index contributed by atoms with van der Waals surface area (Å²) >= 11 is 3.39. The van der Waals surface area contributed by atoms with Crippen LogP contribution in [0.5, 0.6) is 0 Å². The van der Waals surface area contributed by atoms with E-state index in [1.807, 2.05) is 6.07 Å². The van der Waals surface area contributed by atoms with E-state index in [2.05, 4.69) is 15.9 Å². The second-order valence-electron chi connectivity index (χ2n) is 5.86. The third-order valence-corrected chi connectivity index (χ3v) is 4.66. The molecule has 2 aromatic rings. The van der Waals surface area contributed by atoms with Crippen LogP contribution in [0.25, 0.3) is 0 Å². The molecule has 0 saturated heterocycles. The maximum absolute atomic E-state index is 12.9. The lowest BCUT2D eigenvalue weighted by molar-refractivity contribution is -0.130. The van der Waals surface area contributed by atoms with E-state index in [-0.39, 0.29) is 37.7 Å². The zero-order valence-corrected chi connectivity index (χ0v) is 15.9. The molecular formula is C19H18BrNO6. The Morgan fingerprint density at radius 1 is 1.26 bits per heavy atom. The highest BCUT2D eigenvalue weighted by Crippen LogP contribution is 2.39. The Bertz CT molecular complexity index is 861. The number of Topliss-reactive ketones (excluding diaryl/α,β-unsaturated/α-hetero) is 1. The fourth-order valence-electron chi connectivity index (χ4n) is 3.01. The van der Waals surface area contributed by atoms with Crippen LogP contribution < -0.4 is 0 Å². The molecule has 1 aliphatic heterocycles. The molecule has 0 fully saturated rings. The first-order valence-electron chi connectivity index (χ1n) is 8.31. The zero-order valence-electron chi connectivity index (χ0n) is 14.3. The smallest absolute Gasteiger partial charge is 0.290 e. The molecule has 0 spiro atoms. The van der Waals surface area contributed by atoms with Gasteiger partial charge in [0.05, 0.1) is 37.7 Å². The van der Waals surface area contributed by atoms with Crippen LogP contribution in [0, 0.1) is 0 Å². The van der Waals surface area contributed by atoms with Crippen molar-refractivity contribution in [3.63, 3.8) is 0 Å². The Morgan fingerprint density at radius 3 is 2.74 bits per heavy atom.